The molecule has 0 unspecified atom stereocenters. The highest BCUT2D eigenvalue weighted by molar-refractivity contribution is 8.16. The Hall–Kier alpha value is -1.87. The monoisotopic (exact) mass is 357 g/mol. The van der Waals surface area contributed by atoms with E-state index >= 15 is 0 Å². The first-order valence-corrected chi connectivity index (χ1v) is 8.53. The van der Waals surface area contributed by atoms with Crippen LogP contribution in [0, 0.1) is 5.92 Å². The molecule has 5 N–H and O–H groups in total. The third kappa shape index (κ3) is 5.64. The fourth-order valence-electron chi connectivity index (χ4n) is 2.16. The summed E-state index contributed by atoms with van der Waals surface area (Å²) in [7, 11) is 0. The molecule has 1 saturated heterocycles. The number of amides is 2. The number of carbonyl (C=O) groups excluding carboxylic acids is 3. The lowest BCUT2D eigenvalue weighted by Crippen LogP contribution is -2.48. The molecule has 0 saturated carbocycles. The second kappa shape index (κ2) is 9.43. The fourth-order valence-corrected chi connectivity index (χ4v) is 3.18. The quantitative estimate of drug-likeness (QED) is 0.309. The molecule has 1 heterocycles. The number of carbonyl (C=O) groups is 4. The van der Waals surface area contributed by atoms with Gasteiger partial charge in [-0.25, -0.2) is 4.79 Å². The average molecular weight is 357 g/mol. The Balaban J connectivity index is 2.34. The van der Waals surface area contributed by atoms with Crippen LogP contribution in [0.1, 0.15) is 26.2 Å². The molecule has 1 aliphatic heterocycles. The van der Waals surface area contributed by atoms with Gasteiger partial charge in [-0.2, -0.15) is 0 Å². The van der Waals surface area contributed by atoms with E-state index in [-0.39, 0.29) is 29.9 Å². The summed E-state index contributed by atoms with van der Waals surface area (Å²) in [6.45, 7) is 5.30. The maximum absolute atomic E-state index is 12.0. The third-order valence-corrected chi connectivity index (χ3v) is 4.92. The average Bonchev–Trinajstić information content (AvgIpc) is 2.52. The number of aliphatic carboxylic acids is 1. The first-order valence-electron chi connectivity index (χ1n) is 7.65. The minimum absolute atomic E-state index is 0.0143. The molecule has 24 heavy (non-hydrogen) atoms. The summed E-state index contributed by atoms with van der Waals surface area (Å²) < 4.78 is 0. The van der Waals surface area contributed by atoms with E-state index in [1.54, 1.807) is 6.08 Å². The van der Waals surface area contributed by atoms with Crippen molar-refractivity contribution < 1.29 is 24.3 Å². The van der Waals surface area contributed by atoms with Gasteiger partial charge in [0.25, 0.3) is 0 Å². The molecular weight excluding hydrogens is 334 g/mol. The molecule has 0 bridgehead atoms. The lowest BCUT2D eigenvalue weighted by Gasteiger charge is -2.31. The van der Waals surface area contributed by atoms with E-state index in [0.717, 1.165) is 11.8 Å². The van der Waals surface area contributed by atoms with E-state index in [1.807, 2.05) is 0 Å². The van der Waals surface area contributed by atoms with Gasteiger partial charge in [-0.15, -0.1) is 6.58 Å². The Bertz CT molecular complexity index is 523. The molecular formula is C15H23N3O5S. The molecule has 1 aliphatic rings. The van der Waals surface area contributed by atoms with E-state index < -0.39 is 29.2 Å². The Kier molecular flexibility index (Phi) is 7.93. The van der Waals surface area contributed by atoms with Gasteiger partial charge >= 0.3 is 5.97 Å². The van der Waals surface area contributed by atoms with E-state index in [2.05, 4.69) is 17.2 Å². The normalized spacial score (nSPS) is 22.0. The van der Waals surface area contributed by atoms with Crippen LogP contribution in [-0.4, -0.2) is 51.9 Å². The number of carboxylic acids is 1. The van der Waals surface area contributed by atoms with Crippen LogP contribution in [0.3, 0.4) is 0 Å². The molecule has 8 nitrogen and oxygen atoms in total. The highest BCUT2D eigenvalue weighted by Crippen LogP contribution is 2.38. The van der Waals surface area contributed by atoms with Crippen LogP contribution in [0.15, 0.2) is 12.7 Å². The SMILES string of the molecule is C=CC[C@@H]1C(=O)S[C@H]1C(=O)NCCC[C@H](NC(=O)[C@H](C)N)C(=O)O. The zero-order chi connectivity index (χ0) is 18.3. The van der Waals surface area contributed by atoms with Crippen LogP contribution in [0.4, 0.5) is 0 Å². The molecule has 4 atom stereocenters. The van der Waals surface area contributed by atoms with Crippen molar-refractivity contribution in [2.24, 2.45) is 11.7 Å². The van der Waals surface area contributed by atoms with Crippen molar-refractivity contribution in [2.45, 2.75) is 43.5 Å². The molecule has 0 aromatic heterocycles. The molecule has 9 heteroatoms. The van der Waals surface area contributed by atoms with Gasteiger partial charge in [0.2, 0.25) is 11.8 Å². The van der Waals surface area contributed by atoms with Crippen LogP contribution in [0.25, 0.3) is 0 Å². The summed E-state index contributed by atoms with van der Waals surface area (Å²) in [4.78, 5) is 45.9. The maximum atomic E-state index is 12.0. The summed E-state index contributed by atoms with van der Waals surface area (Å²) in [6, 6.07) is -1.84. The smallest absolute Gasteiger partial charge is 0.326 e. The van der Waals surface area contributed by atoms with Gasteiger partial charge in [-0.05, 0) is 26.2 Å². The van der Waals surface area contributed by atoms with Gasteiger partial charge in [0.15, 0.2) is 5.12 Å². The van der Waals surface area contributed by atoms with Gasteiger partial charge in [-0.3, -0.25) is 14.4 Å². The summed E-state index contributed by atoms with van der Waals surface area (Å²) in [5.41, 5.74) is 5.38. The van der Waals surface area contributed by atoms with Crippen LogP contribution in [0.5, 0.6) is 0 Å². The zero-order valence-electron chi connectivity index (χ0n) is 13.5. The van der Waals surface area contributed by atoms with Crippen molar-refractivity contribution in [3.8, 4) is 0 Å². The Morgan fingerprint density at radius 2 is 2.12 bits per heavy atom. The van der Waals surface area contributed by atoms with Crippen molar-refractivity contribution in [1.29, 1.82) is 0 Å². The minimum atomic E-state index is -1.15. The summed E-state index contributed by atoms with van der Waals surface area (Å²) >= 11 is 1.00. The molecule has 0 radical (unpaired) electrons. The lowest BCUT2D eigenvalue weighted by atomic mass is 10.0. The third-order valence-electron chi connectivity index (χ3n) is 3.59. The van der Waals surface area contributed by atoms with Gasteiger partial charge in [-0.1, -0.05) is 17.8 Å². The molecule has 2 amide bonds. The highest BCUT2D eigenvalue weighted by Gasteiger charge is 2.44. The Morgan fingerprint density at radius 3 is 2.62 bits per heavy atom. The minimum Gasteiger partial charge on any atom is -0.480 e. The van der Waals surface area contributed by atoms with Crippen molar-refractivity contribution in [2.75, 3.05) is 6.54 Å². The number of nitrogens with one attached hydrogen (secondary N) is 2. The summed E-state index contributed by atoms with van der Waals surface area (Å²) in [5.74, 6) is -2.26. The van der Waals surface area contributed by atoms with Gasteiger partial charge in [0.1, 0.15) is 11.3 Å². The number of thioether (sulfide) groups is 1. The Morgan fingerprint density at radius 1 is 1.46 bits per heavy atom. The largest absolute Gasteiger partial charge is 0.480 e. The fraction of sp³-hybridized carbons (Fsp3) is 0.600. The number of nitrogens with two attached hydrogens (primary N) is 1. The van der Waals surface area contributed by atoms with Gasteiger partial charge in [0.05, 0.1) is 12.0 Å². The predicted molar refractivity (Wildman–Crippen MR) is 90.1 cm³/mol. The first kappa shape index (κ1) is 20.2. The van der Waals surface area contributed by atoms with Crippen LogP contribution < -0.4 is 16.4 Å². The van der Waals surface area contributed by atoms with E-state index in [4.69, 9.17) is 10.8 Å². The van der Waals surface area contributed by atoms with Crippen molar-refractivity contribution in [3.05, 3.63) is 12.7 Å². The molecule has 0 spiro atoms. The van der Waals surface area contributed by atoms with Crippen LogP contribution >= 0.6 is 11.8 Å². The van der Waals surface area contributed by atoms with Crippen molar-refractivity contribution in [1.82, 2.24) is 10.6 Å². The van der Waals surface area contributed by atoms with Crippen molar-refractivity contribution in [3.63, 3.8) is 0 Å². The van der Waals surface area contributed by atoms with Crippen LogP contribution in [-0.2, 0) is 19.2 Å². The van der Waals surface area contributed by atoms with E-state index in [1.165, 1.54) is 6.92 Å². The van der Waals surface area contributed by atoms with Gasteiger partial charge in [0, 0.05) is 6.54 Å². The second-order valence-corrected chi connectivity index (χ2v) is 6.76. The molecule has 134 valence electrons. The number of hydrogen-bond acceptors (Lipinski definition) is 6. The number of rotatable bonds is 10. The first-order chi connectivity index (χ1) is 11.3. The standard InChI is InChI=1S/C15H23N3O5S/c1-3-5-9-11(24-15(9)23)13(20)17-7-4-6-10(14(21)22)18-12(19)8(2)16/h3,8-11H,1,4-7,16H2,2H3,(H,17,20)(H,18,19)(H,21,22)/t8-,9-,10-,11+/m0/s1. The molecule has 0 aliphatic carbocycles. The predicted octanol–water partition coefficient (Wildman–Crippen LogP) is -0.366. The van der Waals surface area contributed by atoms with Crippen LogP contribution in [0.2, 0.25) is 0 Å². The molecule has 0 aromatic rings. The van der Waals surface area contributed by atoms with Gasteiger partial charge < -0.3 is 21.5 Å². The summed E-state index contributed by atoms with van der Waals surface area (Å²) in [5, 5.41) is 13.7. The number of hydrogen-bond donors (Lipinski definition) is 4. The summed E-state index contributed by atoms with van der Waals surface area (Å²) in [6.07, 6.45) is 2.62. The highest BCUT2D eigenvalue weighted by atomic mass is 32.2. The molecule has 1 rings (SSSR count). The van der Waals surface area contributed by atoms with Crippen molar-refractivity contribution >= 4 is 34.7 Å². The zero-order valence-corrected chi connectivity index (χ0v) is 14.3. The van der Waals surface area contributed by atoms with E-state index in [0.29, 0.717) is 12.8 Å². The molecule has 1 fully saturated rings. The molecule has 0 aromatic carbocycles. The lowest BCUT2D eigenvalue weighted by molar-refractivity contribution is -0.142. The topological polar surface area (TPSA) is 139 Å². The maximum Gasteiger partial charge on any atom is 0.326 e. The second-order valence-electron chi connectivity index (χ2n) is 5.61. The Labute approximate surface area is 144 Å². The van der Waals surface area contributed by atoms with E-state index in [9.17, 15) is 19.2 Å². The number of carboxylic acid groups (broad SMARTS) is 1. The number of allylic oxidation sites excluding steroid dienone is 1.